The number of amides is 2. The number of aliphatic hydroxyl groups excluding tert-OH is 1. The first kappa shape index (κ1) is 16.9. The molecule has 1 aliphatic rings. The molecule has 126 valence electrons. The predicted molar refractivity (Wildman–Crippen MR) is 99.1 cm³/mol. The first-order valence-corrected chi connectivity index (χ1v) is 9.31. The minimum Gasteiger partial charge on any atom is -0.391 e. The quantitative estimate of drug-likeness (QED) is 0.871. The van der Waals surface area contributed by atoms with Crippen molar-refractivity contribution in [1.29, 1.82) is 0 Å². The largest absolute Gasteiger partial charge is 0.391 e. The summed E-state index contributed by atoms with van der Waals surface area (Å²) in [7, 11) is 0. The summed E-state index contributed by atoms with van der Waals surface area (Å²) in [6, 6.07) is 18.2. The summed E-state index contributed by atoms with van der Waals surface area (Å²) in [5.74, 6) is 1.88. The lowest BCUT2D eigenvalue weighted by Gasteiger charge is -2.16. The summed E-state index contributed by atoms with van der Waals surface area (Å²) in [4.78, 5) is 13.8. The molecule has 1 heterocycles. The van der Waals surface area contributed by atoms with E-state index >= 15 is 0 Å². The van der Waals surface area contributed by atoms with Gasteiger partial charge in [-0.05, 0) is 29.7 Å². The van der Waals surface area contributed by atoms with Gasteiger partial charge in [-0.2, -0.15) is 11.8 Å². The molecule has 3 rings (SSSR count). The molecule has 1 atom stereocenters. The van der Waals surface area contributed by atoms with Crippen LogP contribution in [0.15, 0.2) is 54.6 Å². The Bertz CT molecular complexity index is 678. The van der Waals surface area contributed by atoms with Crippen LogP contribution in [0.25, 0.3) is 0 Å². The zero-order chi connectivity index (χ0) is 16.8. The molecule has 0 saturated carbocycles. The number of anilines is 1. The van der Waals surface area contributed by atoms with Gasteiger partial charge < -0.3 is 15.3 Å². The Balaban J connectivity index is 1.51. The first-order valence-electron chi connectivity index (χ1n) is 8.15. The van der Waals surface area contributed by atoms with Crippen LogP contribution >= 0.6 is 11.8 Å². The topological polar surface area (TPSA) is 52.6 Å². The molecule has 1 aliphatic heterocycles. The molecular weight excluding hydrogens is 320 g/mol. The Labute approximate surface area is 146 Å². The average Bonchev–Trinajstić information content (AvgIpc) is 3.03. The van der Waals surface area contributed by atoms with Crippen LogP contribution in [0, 0.1) is 0 Å². The van der Waals surface area contributed by atoms with Crippen molar-refractivity contribution in [3.8, 4) is 0 Å². The summed E-state index contributed by atoms with van der Waals surface area (Å²) in [6.07, 6.45) is 0.264. The minimum atomic E-state index is -0.392. The smallest absolute Gasteiger partial charge is 0.321 e. The molecule has 0 aromatic heterocycles. The molecule has 2 aromatic carbocycles. The normalized spacial score (nSPS) is 17.0. The van der Waals surface area contributed by atoms with Gasteiger partial charge in [0.05, 0.1) is 6.10 Å². The monoisotopic (exact) mass is 342 g/mol. The van der Waals surface area contributed by atoms with E-state index in [2.05, 4.69) is 35.6 Å². The van der Waals surface area contributed by atoms with E-state index in [1.165, 1.54) is 11.1 Å². The number of thioether (sulfide) groups is 1. The van der Waals surface area contributed by atoms with E-state index in [4.69, 9.17) is 0 Å². The van der Waals surface area contributed by atoms with Crippen molar-refractivity contribution < 1.29 is 9.90 Å². The Morgan fingerprint density at radius 3 is 2.62 bits per heavy atom. The number of aliphatic hydroxyl groups is 1. The molecule has 2 N–H and O–H groups in total. The summed E-state index contributed by atoms with van der Waals surface area (Å²) in [5, 5.41) is 12.4. The fourth-order valence-electron chi connectivity index (χ4n) is 2.73. The number of hydrogen-bond acceptors (Lipinski definition) is 3. The number of hydrogen-bond donors (Lipinski definition) is 2. The van der Waals surface area contributed by atoms with Crippen LogP contribution in [0.3, 0.4) is 0 Å². The van der Waals surface area contributed by atoms with Gasteiger partial charge in [0.25, 0.3) is 0 Å². The molecule has 4 nitrogen and oxygen atoms in total. The fraction of sp³-hybridized carbons (Fsp3) is 0.316. The molecule has 0 bridgehead atoms. The average molecular weight is 342 g/mol. The van der Waals surface area contributed by atoms with E-state index in [1.54, 1.807) is 4.90 Å². The second-order valence-corrected chi connectivity index (χ2v) is 6.98. The van der Waals surface area contributed by atoms with Crippen LogP contribution in [0.1, 0.15) is 17.5 Å². The standard InChI is InChI=1S/C19H22N2O2S/c22-18-9-10-21(12-18)19(23)20-17-8-4-7-16(11-17)14-24-13-15-5-2-1-3-6-15/h1-8,11,18,22H,9-10,12-14H2,(H,20,23)/t18-/m1/s1. The molecule has 5 heteroatoms. The van der Waals surface area contributed by atoms with Crippen LogP contribution in [-0.2, 0) is 11.5 Å². The van der Waals surface area contributed by atoms with E-state index in [9.17, 15) is 9.90 Å². The maximum atomic E-state index is 12.2. The van der Waals surface area contributed by atoms with Gasteiger partial charge in [0, 0.05) is 30.3 Å². The number of rotatable bonds is 5. The van der Waals surface area contributed by atoms with Gasteiger partial charge in [0.1, 0.15) is 0 Å². The number of carbonyl (C=O) groups excluding carboxylic acids is 1. The van der Waals surface area contributed by atoms with Crippen molar-refractivity contribution in [3.63, 3.8) is 0 Å². The SMILES string of the molecule is O=C(Nc1cccc(CSCc2ccccc2)c1)N1CC[C@@H](O)C1. The highest BCUT2D eigenvalue weighted by molar-refractivity contribution is 7.97. The van der Waals surface area contributed by atoms with Crippen molar-refractivity contribution in [1.82, 2.24) is 4.90 Å². The van der Waals surface area contributed by atoms with Gasteiger partial charge >= 0.3 is 6.03 Å². The molecule has 2 amide bonds. The van der Waals surface area contributed by atoms with Gasteiger partial charge in [-0.25, -0.2) is 4.79 Å². The number of benzene rings is 2. The summed E-state index contributed by atoms with van der Waals surface area (Å²) in [5.41, 5.74) is 3.31. The van der Waals surface area contributed by atoms with Crippen LogP contribution in [0.5, 0.6) is 0 Å². The van der Waals surface area contributed by atoms with Crippen LogP contribution in [0.4, 0.5) is 10.5 Å². The minimum absolute atomic E-state index is 0.138. The lowest BCUT2D eigenvalue weighted by Crippen LogP contribution is -2.33. The van der Waals surface area contributed by atoms with Crippen LogP contribution < -0.4 is 5.32 Å². The summed E-state index contributed by atoms with van der Waals surface area (Å²) in [6.45, 7) is 1.03. The van der Waals surface area contributed by atoms with Crippen LogP contribution in [0.2, 0.25) is 0 Å². The van der Waals surface area contributed by atoms with E-state index in [0.29, 0.717) is 19.5 Å². The highest BCUT2D eigenvalue weighted by atomic mass is 32.2. The van der Waals surface area contributed by atoms with Gasteiger partial charge in [-0.1, -0.05) is 42.5 Å². The van der Waals surface area contributed by atoms with Gasteiger partial charge in [-0.3, -0.25) is 0 Å². The third-order valence-corrected chi connectivity index (χ3v) is 5.08. The number of β-amino-alcohol motifs (C(OH)–C–C–N with tert-alkyl or cyclic N) is 1. The van der Waals surface area contributed by atoms with Gasteiger partial charge in [-0.15, -0.1) is 0 Å². The highest BCUT2D eigenvalue weighted by Gasteiger charge is 2.24. The zero-order valence-corrected chi connectivity index (χ0v) is 14.3. The van der Waals surface area contributed by atoms with E-state index in [-0.39, 0.29) is 6.03 Å². The number of nitrogens with one attached hydrogen (secondary N) is 1. The zero-order valence-electron chi connectivity index (χ0n) is 13.5. The number of carbonyl (C=O) groups is 1. The fourth-order valence-corrected chi connectivity index (χ4v) is 3.67. The Hall–Kier alpha value is -1.98. The third kappa shape index (κ3) is 4.76. The molecule has 1 saturated heterocycles. The van der Waals surface area contributed by atoms with Crippen molar-refractivity contribution in [2.45, 2.75) is 24.0 Å². The number of urea groups is 1. The molecule has 0 unspecified atom stereocenters. The Morgan fingerprint density at radius 1 is 1.12 bits per heavy atom. The maximum absolute atomic E-state index is 12.2. The summed E-state index contributed by atoms with van der Waals surface area (Å²) >= 11 is 1.86. The van der Waals surface area contributed by atoms with Crippen molar-refractivity contribution in [2.24, 2.45) is 0 Å². The highest BCUT2D eigenvalue weighted by Crippen LogP contribution is 2.20. The van der Waals surface area contributed by atoms with Crippen LogP contribution in [-0.4, -0.2) is 35.2 Å². The van der Waals surface area contributed by atoms with E-state index < -0.39 is 6.10 Å². The molecule has 0 radical (unpaired) electrons. The molecule has 0 aliphatic carbocycles. The number of nitrogens with zero attached hydrogens (tertiary/aromatic N) is 1. The van der Waals surface area contributed by atoms with Crippen molar-refractivity contribution in [3.05, 3.63) is 65.7 Å². The van der Waals surface area contributed by atoms with E-state index in [0.717, 1.165) is 17.2 Å². The lowest BCUT2D eigenvalue weighted by atomic mass is 10.2. The number of likely N-dealkylation sites (tertiary alicyclic amines) is 1. The molecule has 2 aromatic rings. The Morgan fingerprint density at radius 2 is 1.88 bits per heavy atom. The lowest BCUT2D eigenvalue weighted by molar-refractivity contribution is 0.176. The maximum Gasteiger partial charge on any atom is 0.321 e. The Kier molecular flexibility index (Phi) is 5.77. The van der Waals surface area contributed by atoms with E-state index in [1.807, 2.05) is 36.0 Å². The van der Waals surface area contributed by atoms with Gasteiger partial charge in [0.2, 0.25) is 0 Å². The van der Waals surface area contributed by atoms with Crippen molar-refractivity contribution in [2.75, 3.05) is 18.4 Å². The summed E-state index contributed by atoms with van der Waals surface area (Å²) < 4.78 is 0. The first-order chi connectivity index (χ1) is 11.7. The molecule has 24 heavy (non-hydrogen) atoms. The molecular formula is C19H22N2O2S. The molecule has 0 spiro atoms. The predicted octanol–water partition coefficient (Wildman–Crippen LogP) is 3.72. The second kappa shape index (κ2) is 8.22. The molecule has 1 fully saturated rings. The second-order valence-electron chi connectivity index (χ2n) is 6.00. The van der Waals surface area contributed by atoms with Crippen molar-refractivity contribution >= 4 is 23.5 Å². The third-order valence-electron chi connectivity index (χ3n) is 4.01. The van der Waals surface area contributed by atoms with Gasteiger partial charge in [0.15, 0.2) is 0 Å².